The highest BCUT2D eigenvalue weighted by molar-refractivity contribution is 5.27. The summed E-state index contributed by atoms with van der Waals surface area (Å²) in [5.41, 5.74) is 6.61. The molecule has 1 aromatic rings. The van der Waals surface area contributed by atoms with Gasteiger partial charge in [-0.1, -0.05) is 12.1 Å². The predicted octanol–water partition coefficient (Wildman–Crippen LogP) is 2.18. The molecule has 0 saturated carbocycles. The van der Waals surface area contributed by atoms with Gasteiger partial charge in [-0.2, -0.15) is 8.78 Å². The van der Waals surface area contributed by atoms with Crippen molar-refractivity contribution >= 4 is 0 Å². The zero-order valence-electron chi connectivity index (χ0n) is 7.91. The van der Waals surface area contributed by atoms with Crippen LogP contribution in [0, 0.1) is 0 Å². The molecule has 0 heterocycles. The molecule has 0 fully saturated rings. The minimum Gasteiger partial charge on any atom is -0.435 e. The molecule has 0 aliphatic rings. The van der Waals surface area contributed by atoms with Gasteiger partial charge in [0.15, 0.2) is 0 Å². The van der Waals surface area contributed by atoms with Gasteiger partial charge in [-0.05, 0) is 31.0 Å². The highest BCUT2D eigenvalue weighted by Gasteiger charge is 2.04. The second kappa shape index (κ2) is 4.91. The summed E-state index contributed by atoms with van der Waals surface area (Å²) in [4.78, 5) is 0. The Kier molecular flexibility index (Phi) is 3.83. The topological polar surface area (TPSA) is 35.2 Å². The fourth-order valence-electron chi connectivity index (χ4n) is 1.18. The zero-order chi connectivity index (χ0) is 10.6. The van der Waals surface area contributed by atoms with Crippen molar-refractivity contribution in [2.24, 2.45) is 5.73 Å². The van der Waals surface area contributed by atoms with Crippen molar-refractivity contribution < 1.29 is 13.5 Å². The van der Waals surface area contributed by atoms with Crippen LogP contribution in [-0.4, -0.2) is 12.7 Å². The van der Waals surface area contributed by atoms with E-state index < -0.39 is 6.61 Å². The molecule has 1 unspecified atom stereocenters. The third-order valence-electron chi connectivity index (χ3n) is 1.71. The Bertz CT molecular complexity index is 243. The summed E-state index contributed by atoms with van der Waals surface area (Å²) < 4.78 is 27.8. The Labute approximate surface area is 81.7 Å². The van der Waals surface area contributed by atoms with Crippen LogP contribution in [0.2, 0.25) is 0 Å². The van der Waals surface area contributed by atoms with Gasteiger partial charge >= 0.3 is 6.61 Å². The van der Waals surface area contributed by atoms with Gasteiger partial charge in [-0.15, -0.1) is 0 Å². The maximum atomic E-state index is 11.8. The van der Waals surface area contributed by atoms with Crippen LogP contribution in [-0.2, 0) is 6.42 Å². The summed E-state index contributed by atoms with van der Waals surface area (Å²) in [6, 6.07) is 6.58. The van der Waals surface area contributed by atoms with Gasteiger partial charge in [-0.25, -0.2) is 0 Å². The van der Waals surface area contributed by atoms with Gasteiger partial charge in [0.1, 0.15) is 5.75 Å². The largest absolute Gasteiger partial charge is 0.435 e. The van der Waals surface area contributed by atoms with Crippen LogP contribution in [0.25, 0.3) is 0 Å². The first kappa shape index (κ1) is 10.9. The van der Waals surface area contributed by atoms with Crippen molar-refractivity contribution in [3.63, 3.8) is 0 Å². The van der Waals surface area contributed by atoms with Crippen molar-refractivity contribution in [1.29, 1.82) is 0 Å². The van der Waals surface area contributed by atoms with Crippen LogP contribution in [0.1, 0.15) is 12.5 Å². The Morgan fingerprint density at radius 2 is 1.86 bits per heavy atom. The van der Waals surface area contributed by atoms with Gasteiger partial charge in [0.05, 0.1) is 0 Å². The first-order valence-electron chi connectivity index (χ1n) is 4.37. The first-order valence-corrected chi connectivity index (χ1v) is 4.37. The van der Waals surface area contributed by atoms with E-state index in [1.54, 1.807) is 12.1 Å². The minimum absolute atomic E-state index is 0.0665. The average molecular weight is 201 g/mol. The molecule has 1 aromatic carbocycles. The number of rotatable bonds is 4. The van der Waals surface area contributed by atoms with E-state index in [0.29, 0.717) is 0 Å². The molecule has 0 aliphatic carbocycles. The Morgan fingerprint density at radius 3 is 2.29 bits per heavy atom. The average Bonchev–Trinajstić information content (AvgIpc) is 2.06. The number of nitrogens with two attached hydrogens (primary N) is 1. The number of ether oxygens (including phenoxy) is 1. The summed E-state index contributed by atoms with van der Waals surface area (Å²) in [5.74, 6) is 0.174. The molecule has 0 aliphatic heterocycles. The number of alkyl halides is 2. The van der Waals surface area contributed by atoms with E-state index in [4.69, 9.17) is 5.73 Å². The molecule has 0 aromatic heterocycles. The van der Waals surface area contributed by atoms with Crippen LogP contribution < -0.4 is 10.5 Å². The smallest absolute Gasteiger partial charge is 0.387 e. The van der Waals surface area contributed by atoms with Crippen molar-refractivity contribution in [1.82, 2.24) is 0 Å². The van der Waals surface area contributed by atoms with Crippen LogP contribution in [0.3, 0.4) is 0 Å². The molecule has 1 atom stereocenters. The Morgan fingerprint density at radius 1 is 1.29 bits per heavy atom. The summed E-state index contributed by atoms with van der Waals surface area (Å²) in [6.07, 6.45) is 0.731. The van der Waals surface area contributed by atoms with Crippen LogP contribution >= 0.6 is 0 Å². The molecule has 4 heteroatoms. The molecule has 0 saturated heterocycles. The van der Waals surface area contributed by atoms with E-state index in [1.165, 1.54) is 12.1 Å². The summed E-state index contributed by atoms with van der Waals surface area (Å²) >= 11 is 0. The molecule has 14 heavy (non-hydrogen) atoms. The molecule has 0 spiro atoms. The molecule has 0 bridgehead atoms. The fourth-order valence-corrected chi connectivity index (χ4v) is 1.18. The van der Waals surface area contributed by atoms with E-state index in [9.17, 15) is 8.78 Å². The first-order chi connectivity index (χ1) is 6.58. The van der Waals surface area contributed by atoms with Gasteiger partial charge in [-0.3, -0.25) is 0 Å². The van der Waals surface area contributed by atoms with Crippen LogP contribution in [0.15, 0.2) is 24.3 Å². The fraction of sp³-hybridized carbons (Fsp3) is 0.400. The molecule has 0 radical (unpaired) electrons. The molecule has 0 amide bonds. The van der Waals surface area contributed by atoms with E-state index in [2.05, 4.69) is 4.74 Å². The third-order valence-corrected chi connectivity index (χ3v) is 1.71. The van der Waals surface area contributed by atoms with Crippen molar-refractivity contribution in [2.45, 2.75) is 26.0 Å². The second-order valence-electron chi connectivity index (χ2n) is 3.20. The molecule has 1 rings (SSSR count). The number of benzene rings is 1. The Balaban J connectivity index is 2.59. The summed E-state index contributed by atoms with van der Waals surface area (Å²) in [7, 11) is 0. The van der Waals surface area contributed by atoms with Gasteiger partial charge in [0.25, 0.3) is 0 Å². The predicted molar refractivity (Wildman–Crippen MR) is 50.4 cm³/mol. The number of hydrogen-bond acceptors (Lipinski definition) is 2. The quantitative estimate of drug-likeness (QED) is 0.810. The zero-order valence-corrected chi connectivity index (χ0v) is 7.91. The summed E-state index contributed by atoms with van der Waals surface area (Å²) in [6.45, 7) is -0.877. The summed E-state index contributed by atoms with van der Waals surface area (Å²) in [5, 5.41) is 0. The number of hydrogen-bond donors (Lipinski definition) is 1. The molecule has 2 nitrogen and oxygen atoms in total. The second-order valence-corrected chi connectivity index (χ2v) is 3.20. The van der Waals surface area contributed by atoms with E-state index >= 15 is 0 Å². The van der Waals surface area contributed by atoms with E-state index in [1.807, 2.05) is 6.92 Å². The molecular weight excluding hydrogens is 188 g/mol. The van der Waals surface area contributed by atoms with Crippen molar-refractivity contribution in [2.75, 3.05) is 0 Å². The standard InChI is InChI=1S/C10H13F2NO/c1-7(13)6-8-2-4-9(5-3-8)14-10(11)12/h2-5,7,10H,6,13H2,1H3. The number of halogens is 2. The van der Waals surface area contributed by atoms with Crippen LogP contribution in [0.4, 0.5) is 8.78 Å². The Hall–Kier alpha value is -1.16. The van der Waals surface area contributed by atoms with Crippen molar-refractivity contribution in [3.8, 4) is 5.75 Å². The maximum Gasteiger partial charge on any atom is 0.387 e. The monoisotopic (exact) mass is 201 g/mol. The highest BCUT2D eigenvalue weighted by atomic mass is 19.3. The lowest BCUT2D eigenvalue weighted by atomic mass is 10.1. The van der Waals surface area contributed by atoms with Gasteiger partial charge < -0.3 is 10.5 Å². The highest BCUT2D eigenvalue weighted by Crippen LogP contribution is 2.15. The maximum absolute atomic E-state index is 11.8. The third kappa shape index (κ3) is 3.70. The van der Waals surface area contributed by atoms with Gasteiger partial charge in [0.2, 0.25) is 0 Å². The molecular formula is C10H13F2NO. The lowest BCUT2D eigenvalue weighted by molar-refractivity contribution is -0.0498. The van der Waals surface area contributed by atoms with E-state index in [-0.39, 0.29) is 11.8 Å². The minimum atomic E-state index is -2.77. The van der Waals surface area contributed by atoms with E-state index in [0.717, 1.165) is 12.0 Å². The van der Waals surface area contributed by atoms with Crippen molar-refractivity contribution in [3.05, 3.63) is 29.8 Å². The van der Waals surface area contributed by atoms with Crippen LogP contribution in [0.5, 0.6) is 5.75 Å². The lowest BCUT2D eigenvalue weighted by Crippen LogP contribution is -2.17. The normalized spacial score (nSPS) is 12.9. The van der Waals surface area contributed by atoms with Gasteiger partial charge in [0, 0.05) is 6.04 Å². The lowest BCUT2D eigenvalue weighted by Gasteiger charge is -2.07. The molecule has 78 valence electrons. The SMILES string of the molecule is CC(N)Cc1ccc(OC(F)F)cc1. The molecule has 2 N–H and O–H groups in total.